The van der Waals surface area contributed by atoms with Gasteiger partial charge in [-0.2, -0.15) is 26.3 Å². The van der Waals surface area contributed by atoms with Gasteiger partial charge in [0.05, 0.1) is 41.4 Å². The molecule has 2 saturated heterocycles. The van der Waals surface area contributed by atoms with Crippen molar-refractivity contribution in [2.24, 2.45) is 17.8 Å². The molecule has 2 aromatic rings. The smallest absolute Gasteiger partial charge is 0.416 e. The fourth-order valence-corrected chi connectivity index (χ4v) is 6.66. The number of hydrogen-bond acceptors (Lipinski definition) is 4. The van der Waals surface area contributed by atoms with E-state index in [0.717, 1.165) is 23.1 Å². The lowest BCUT2D eigenvalue weighted by Crippen LogP contribution is -2.34. The maximum Gasteiger partial charge on any atom is 0.416 e. The lowest BCUT2D eigenvalue weighted by atomic mass is 9.68. The molecule has 44 heavy (non-hydrogen) atoms. The third kappa shape index (κ3) is 6.00. The minimum absolute atomic E-state index is 0.0371. The number of allylic oxidation sites excluding steroid dienone is 2. The minimum atomic E-state index is -5.13. The van der Waals surface area contributed by atoms with Crippen LogP contribution in [-0.4, -0.2) is 29.6 Å². The van der Waals surface area contributed by atoms with Gasteiger partial charge in [0, 0.05) is 5.92 Å². The largest absolute Gasteiger partial charge is 0.505 e. The van der Waals surface area contributed by atoms with Gasteiger partial charge in [0.2, 0.25) is 11.8 Å². The highest BCUT2D eigenvalue weighted by atomic mass is 19.4. The molecule has 2 aromatic carbocycles. The molecule has 5 rings (SSSR count). The number of hydrogen-bond donors (Lipinski definition) is 1. The van der Waals surface area contributed by atoms with E-state index < -0.39 is 76.4 Å². The van der Waals surface area contributed by atoms with Gasteiger partial charge in [-0.25, -0.2) is 9.29 Å². The molecule has 0 saturated carbocycles. The Morgan fingerprint density at radius 2 is 1.66 bits per heavy atom. The maximum atomic E-state index is 13.7. The molecular formula is C32H30F7NO4. The zero-order valence-electron chi connectivity index (χ0n) is 23.9. The zero-order valence-corrected chi connectivity index (χ0v) is 23.9. The Morgan fingerprint density at radius 1 is 1.00 bits per heavy atom. The molecule has 4 atom stereocenters. The van der Waals surface area contributed by atoms with Gasteiger partial charge in [0.25, 0.3) is 0 Å². The second-order valence-electron chi connectivity index (χ2n) is 11.6. The molecule has 0 unspecified atom stereocenters. The molecule has 0 aromatic heterocycles. The van der Waals surface area contributed by atoms with E-state index in [9.17, 15) is 45.4 Å². The first-order valence-electron chi connectivity index (χ1n) is 14.3. The number of phenols is 1. The highest BCUT2D eigenvalue weighted by molar-refractivity contribution is 6.22. The van der Waals surface area contributed by atoms with E-state index >= 15 is 0 Å². The lowest BCUT2D eigenvalue weighted by molar-refractivity contribution is -0.143. The van der Waals surface area contributed by atoms with Crippen molar-refractivity contribution < 1.29 is 50.2 Å². The number of amides is 2. The number of rotatable bonds is 7. The molecule has 2 heterocycles. The average molecular weight is 626 g/mol. The number of phenolic OH excluding ortho intramolecular Hbond substituents is 1. The number of benzene rings is 2. The van der Waals surface area contributed by atoms with Gasteiger partial charge in [0.15, 0.2) is 11.6 Å². The quantitative estimate of drug-likeness (QED) is 0.192. The van der Waals surface area contributed by atoms with Crippen LogP contribution in [0.5, 0.6) is 5.75 Å². The van der Waals surface area contributed by atoms with Crippen molar-refractivity contribution in [2.45, 2.75) is 64.4 Å². The summed E-state index contributed by atoms with van der Waals surface area (Å²) in [6.45, 7) is 3.89. The van der Waals surface area contributed by atoms with Crippen LogP contribution in [-0.2, 0) is 26.7 Å². The molecule has 1 aliphatic carbocycles. The van der Waals surface area contributed by atoms with Gasteiger partial charge in [0.1, 0.15) is 0 Å². The molecular weight excluding hydrogens is 595 g/mol. The van der Waals surface area contributed by atoms with Crippen molar-refractivity contribution in [3.8, 4) is 5.75 Å². The summed E-state index contributed by atoms with van der Waals surface area (Å²) in [5.74, 6) is -5.28. The molecule has 2 fully saturated rings. The van der Waals surface area contributed by atoms with Crippen molar-refractivity contribution >= 4 is 23.6 Å². The van der Waals surface area contributed by atoms with Gasteiger partial charge < -0.3 is 9.84 Å². The number of carbonyl (C=O) groups excluding carboxylic acids is 2. The highest BCUT2D eigenvalue weighted by Crippen LogP contribution is 2.52. The number of aromatic hydroxyl groups is 1. The second-order valence-corrected chi connectivity index (χ2v) is 11.6. The minimum Gasteiger partial charge on any atom is -0.505 e. The molecule has 5 nitrogen and oxygen atoms in total. The summed E-state index contributed by atoms with van der Waals surface area (Å²) >= 11 is 0. The Bertz CT molecular complexity index is 1510. The summed E-state index contributed by atoms with van der Waals surface area (Å²) in [6.07, 6.45) is -6.36. The Hall–Kier alpha value is -3.67. The molecule has 0 radical (unpaired) electrons. The molecule has 2 aliphatic heterocycles. The van der Waals surface area contributed by atoms with Gasteiger partial charge in [-0.15, -0.1) is 0 Å². The van der Waals surface area contributed by atoms with Crippen LogP contribution >= 0.6 is 0 Å². The van der Waals surface area contributed by atoms with Crippen LogP contribution in [0, 0.1) is 23.6 Å². The maximum absolute atomic E-state index is 13.7. The highest BCUT2D eigenvalue weighted by Gasteiger charge is 2.57. The Labute approximate surface area is 249 Å². The molecule has 12 heteroatoms. The van der Waals surface area contributed by atoms with Gasteiger partial charge in [-0.1, -0.05) is 36.6 Å². The first kappa shape index (κ1) is 31.7. The Kier molecular flexibility index (Phi) is 8.43. The average Bonchev–Trinajstić information content (AvgIpc) is 3.47. The number of carbonyl (C=O) groups is 2. The molecule has 2 amide bonds. The third-order valence-electron chi connectivity index (χ3n) is 8.58. The van der Waals surface area contributed by atoms with Crippen molar-refractivity contribution in [3.05, 3.63) is 75.6 Å². The molecule has 3 aliphatic rings. The summed E-state index contributed by atoms with van der Waals surface area (Å²) in [6, 6.07) is 4.82. The number of halogens is 7. The fourth-order valence-electron chi connectivity index (χ4n) is 6.66. The van der Waals surface area contributed by atoms with Crippen molar-refractivity contribution in [2.75, 3.05) is 11.5 Å². The predicted octanol–water partition coefficient (Wildman–Crippen LogP) is 8.07. The normalized spacial score (nSPS) is 24.3. The van der Waals surface area contributed by atoms with Crippen LogP contribution in [0.25, 0.3) is 6.08 Å². The SMILES string of the molecule is CCCC1=C2[C@@H](CC/C(C)=C/c3ccc(O)c(F)c3)OC[C@@H]2[C@@H]2C(=O)N(c3cc(C(F)(F)F)cc(C(F)(F)F)c3)C(=O)[C@@H]2C1. The van der Waals surface area contributed by atoms with E-state index in [1.807, 2.05) is 13.8 Å². The zero-order chi connectivity index (χ0) is 32.1. The summed E-state index contributed by atoms with van der Waals surface area (Å²) in [7, 11) is 0. The van der Waals surface area contributed by atoms with Crippen LogP contribution in [0.15, 0.2) is 53.1 Å². The summed E-state index contributed by atoms with van der Waals surface area (Å²) < 4.78 is 101. The van der Waals surface area contributed by atoms with Gasteiger partial charge in [-0.3, -0.25) is 9.59 Å². The fraction of sp³-hybridized carbons (Fsp3) is 0.438. The molecule has 1 N–H and O–H groups in total. The van der Waals surface area contributed by atoms with E-state index in [4.69, 9.17) is 4.74 Å². The van der Waals surface area contributed by atoms with Gasteiger partial charge >= 0.3 is 12.4 Å². The van der Waals surface area contributed by atoms with E-state index in [1.54, 1.807) is 12.1 Å². The Balaban J connectivity index is 1.42. The first-order valence-corrected chi connectivity index (χ1v) is 14.3. The van der Waals surface area contributed by atoms with Crippen molar-refractivity contribution in [1.29, 1.82) is 0 Å². The van der Waals surface area contributed by atoms with Crippen LogP contribution in [0.3, 0.4) is 0 Å². The third-order valence-corrected chi connectivity index (χ3v) is 8.58. The summed E-state index contributed by atoms with van der Waals surface area (Å²) in [4.78, 5) is 27.8. The number of ether oxygens (including phenoxy) is 1. The monoisotopic (exact) mass is 625 g/mol. The van der Waals surface area contributed by atoms with Crippen LogP contribution in [0.2, 0.25) is 0 Å². The van der Waals surface area contributed by atoms with Crippen LogP contribution < -0.4 is 4.90 Å². The standard InChI is InChI=1S/C32H30F7NO4/c1-3-4-18-11-22-28(23-15-44-26(27(18)23)8-5-16(2)9-17-6-7-25(41)24(33)10-17)30(43)40(29(22)42)21-13-19(31(34,35)36)12-20(14-21)32(37,38)39/h6-7,9-10,12-14,22-23,26,28,41H,3-5,8,11,15H2,1-2H3/b16-9+/t22-,23+,26-,28-/m1/s1. The van der Waals surface area contributed by atoms with Crippen LogP contribution in [0.1, 0.15) is 62.6 Å². The second kappa shape index (κ2) is 11.7. The van der Waals surface area contributed by atoms with E-state index in [2.05, 4.69) is 0 Å². The molecule has 0 spiro atoms. The van der Waals surface area contributed by atoms with Crippen LogP contribution in [0.4, 0.5) is 36.4 Å². The number of alkyl halides is 6. The predicted molar refractivity (Wildman–Crippen MR) is 147 cm³/mol. The van der Waals surface area contributed by atoms with Crippen molar-refractivity contribution in [1.82, 2.24) is 0 Å². The topological polar surface area (TPSA) is 66.8 Å². The van der Waals surface area contributed by atoms with Crippen molar-refractivity contribution in [3.63, 3.8) is 0 Å². The first-order chi connectivity index (χ1) is 20.6. The van der Waals surface area contributed by atoms with E-state index in [0.29, 0.717) is 41.9 Å². The number of anilines is 1. The lowest BCUT2D eigenvalue weighted by Gasteiger charge is -2.31. The summed E-state index contributed by atoms with van der Waals surface area (Å²) in [5, 5.41) is 9.42. The number of imide groups is 1. The van der Waals surface area contributed by atoms with Gasteiger partial charge in [-0.05, 0) is 74.1 Å². The number of fused-ring (bicyclic) bond motifs is 3. The summed E-state index contributed by atoms with van der Waals surface area (Å²) in [5.41, 5.74) is -0.704. The van der Waals surface area contributed by atoms with E-state index in [-0.39, 0.29) is 19.1 Å². The molecule has 0 bridgehead atoms. The van der Waals surface area contributed by atoms with E-state index in [1.165, 1.54) is 12.1 Å². The number of nitrogens with zero attached hydrogens (tertiary/aromatic N) is 1. The molecule has 236 valence electrons. The Morgan fingerprint density at radius 3 is 2.25 bits per heavy atom.